The lowest BCUT2D eigenvalue weighted by Gasteiger charge is -2.38. The number of carbonyl (C=O) groups excluding carboxylic acids is 1. The molecule has 2 aliphatic heterocycles. The van der Waals surface area contributed by atoms with Crippen LogP contribution in [0.15, 0.2) is 30.3 Å². The van der Waals surface area contributed by atoms with Crippen LogP contribution in [0, 0.1) is 0 Å². The minimum absolute atomic E-state index is 0.280. The van der Waals surface area contributed by atoms with Crippen molar-refractivity contribution in [3.63, 3.8) is 0 Å². The number of rotatable bonds is 9. The molecule has 2 aliphatic rings. The molecule has 0 N–H and O–H groups in total. The molecule has 1 aromatic rings. The van der Waals surface area contributed by atoms with Gasteiger partial charge in [0.15, 0.2) is 0 Å². The maximum absolute atomic E-state index is 12.7. The van der Waals surface area contributed by atoms with Crippen LogP contribution in [0.4, 0.5) is 0 Å². The molecule has 2 saturated heterocycles. The van der Waals surface area contributed by atoms with Gasteiger partial charge in [0.05, 0.1) is 18.8 Å². The van der Waals surface area contributed by atoms with Gasteiger partial charge in [-0.3, -0.25) is 9.69 Å². The number of morpholine rings is 1. The number of nitrogens with zero attached hydrogens (tertiary/aromatic N) is 2. The van der Waals surface area contributed by atoms with Crippen LogP contribution in [0.1, 0.15) is 45.1 Å². The predicted molar refractivity (Wildman–Crippen MR) is 111 cm³/mol. The Kier molecular flexibility index (Phi) is 8.31. The summed E-state index contributed by atoms with van der Waals surface area (Å²) in [6.45, 7) is 9.49. The zero-order valence-corrected chi connectivity index (χ0v) is 17.5. The van der Waals surface area contributed by atoms with Gasteiger partial charge in [-0.1, -0.05) is 30.3 Å². The third kappa shape index (κ3) is 6.57. The van der Waals surface area contributed by atoms with Gasteiger partial charge in [0.1, 0.15) is 0 Å². The van der Waals surface area contributed by atoms with Gasteiger partial charge in [-0.15, -0.1) is 0 Å². The fourth-order valence-electron chi connectivity index (χ4n) is 4.49. The molecule has 0 spiro atoms. The number of likely N-dealkylation sites (tertiary alicyclic amines) is 1. The molecule has 0 radical (unpaired) electrons. The second-order valence-corrected chi connectivity index (χ2v) is 8.31. The lowest BCUT2D eigenvalue weighted by atomic mass is 10.1. The van der Waals surface area contributed by atoms with Gasteiger partial charge in [-0.2, -0.15) is 0 Å². The molecule has 3 unspecified atom stereocenters. The molecule has 0 saturated carbocycles. The molecule has 1 aromatic carbocycles. The highest BCUT2D eigenvalue weighted by Gasteiger charge is 2.32. The van der Waals surface area contributed by atoms with Gasteiger partial charge in [0, 0.05) is 45.2 Å². The van der Waals surface area contributed by atoms with E-state index in [1.807, 2.05) is 6.07 Å². The predicted octanol–water partition coefficient (Wildman–Crippen LogP) is 3.13. The third-order valence-electron chi connectivity index (χ3n) is 5.72. The summed E-state index contributed by atoms with van der Waals surface area (Å²) in [6, 6.07) is 10.7. The van der Waals surface area contributed by atoms with Crippen LogP contribution in [-0.2, 0) is 20.7 Å². The minimum atomic E-state index is 0.280. The first kappa shape index (κ1) is 21.3. The normalized spacial score (nSPS) is 25.9. The maximum Gasteiger partial charge on any atom is 0.222 e. The number of hydrogen-bond donors (Lipinski definition) is 0. The van der Waals surface area contributed by atoms with Crippen LogP contribution in [0.5, 0.6) is 0 Å². The van der Waals surface area contributed by atoms with Crippen molar-refractivity contribution in [2.24, 2.45) is 0 Å². The van der Waals surface area contributed by atoms with E-state index in [1.54, 1.807) is 0 Å². The lowest BCUT2D eigenvalue weighted by molar-refractivity contribution is -0.133. The van der Waals surface area contributed by atoms with E-state index in [1.165, 1.54) is 5.56 Å². The molecule has 0 aliphatic carbocycles. The summed E-state index contributed by atoms with van der Waals surface area (Å²) in [5.74, 6) is 0.295. The number of benzene rings is 1. The topological polar surface area (TPSA) is 42.0 Å². The third-order valence-corrected chi connectivity index (χ3v) is 5.72. The molecular weight excluding hydrogens is 352 g/mol. The van der Waals surface area contributed by atoms with Crippen LogP contribution in [0.25, 0.3) is 0 Å². The van der Waals surface area contributed by atoms with Crippen molar-refractivity contribution >= 4 is 5.91 Å². The molecule has 5 nitrogen and oxygen atoms in total. The van der Waals surface area contributed by atoms with Crippen molar-refractivity contribution in [3.05, 3.63) is 35.9 Å². The number of amides is 1. The van der Waals surface area contributed by atoms with Gasteiger partial charge in [-0.25, -0.2) is 0 Å². The van der Waals surface area contributed by atoms with Gasteiger partial charge in [0.2, 0.25) is 5.91 Å². The minimum Gasteiger partial charge on any atom is -0.381 e. The van der Waals surface area contributed by atoms with Gasteiger partial charge in [-0.05, 0) is 45.1 Å². The molecule has 0 bridgehead atoms. The summed E-state index contributed by atoms with van der Waals surface area (Å²) < 4.78 is 11.6. The van der Waals surface area contributed by atoms with Crippen molar-refractivity contribution in [1.29, 1.82) is 0 Å². The first-order valence-corrected chi connectivity index (χ1v) is 10.9. The number of hydrogen-bond acceptors (Lipinski definition) is 4. The van der Waals surface area contributed by atoms with Gasteiger partial charge in [0.25, 0.3) is 0 Å². The highest BCUT2D eigenvalue weighted by Crippen LogP contribution is 2.21. The second-order valence-electron chi connectivity index (χ2n) is 8.31. The van der Waals surface area contributed by atoms with Crippen LogP contribution in [-0.4, -0.2) is 73.3 Å². The van der Waals surface area contributed by atoms with E-state index in [0.29, 0.717) is 25.0 Å². The van der Waals surface area contributed by atoms with Gasteiger partial charge >= 0.3 is 0 Å². The molecule has 5 heteroatoms. The van der Waals surface area contributed by atoms with E-state index in [9.17, 15) is 4.79 Å². The van der Waals surface area contributed by atoms with Crippen LogP contribution < -0.4 is 0 Å². The highest BCUT2D eigenvalue weighted by atomic mass is 16.5. The Morgan fingerprint density at radius 1 is 1.14 bits per heavy atom. The Hall–Kier alpha value is -1.43. The van der Waals surface area contributed by atoms with Crippen molar-refractivity contribution in [1.82, 2.24) is 9.80 Å². The molecule has 2 heterocycles. The Morgan fingerprint density at radius 3 is 2.64 bits per heavy atom. The zero-order valence-electron chi connectivity index (χ0n) is 17.5. The molecule has 156 valence electrons. The van der Waals surface area contributed by atoms with Crippen molar-refractivity contribution in [3.8, 4) is 0 Å². The van der Waals surface area contributed by atoms with E-state index >= 15 is 0 Å². The van der Waals surface area contributed by atoms with E-state index in [4.69, 9.17) is 9.47 Å². The summed E-state index contributed by atoms with van der Waals surface area (Å²) in [7, 11) is 0. The largest absolute Gasteiger partial charge is 0.381 e. The quantitative estimate of drug-likeness (QED) is 0.610. The molecular formula is C23H36N2O3. The summed E-state index contributed by atoms with van der Waals surface area (Å²) in [4.78, 5) is 17.3. The fourth-order valence-corrected chi connectivity index (χ4v) is 4.49. The zero-order chi connectivity index (χ0) is 19.8. The SMILES string of the molecule is CC1CN(CC2CCCN2C(=O)CCCOCCc2ccccc2)CC(C)O1. The fraction of sp³-hybridized carbons (Fsp3) is 0.696. The number of carbonyl (C=O) groups is 1. The highest BCUT2D eigenvalue weighted by molar-refractivity contribution is 5.76. The first-order valence-electron chi connectivity index (χ1n) is 10.9. The van der Waals surface area contributed by atoms with E-state index in [-0.39, 0.29) is 12.2 Å². The molecule has 1 amide bonds. The molecule has 3 atom stereocenters. The molecule has 28 heavy (non-hydrogen) atoms. The number of ether oxygens (including phenoxy) is 2. The smallest absolute Gasteiger partial charge is 0.222 e. The van der Waals surface area contributed by atoms with Gasteiger partial charge < -0.3 is 14.4 Å². The Morgan fingerprint density at radius 2 is 1.89 bits per heavy atom. The van der Waals surface area contributed by atoms with Crippen molar-refractivity contribution in [2.45, 2.75) is 64.2 Å². The Balaban J connectivity index is 1.33. The van der Waals surface area contributed by atoms with Crippen LogP contribution in [0.2, 0.25) is 0 Å². The average molecular weight is 389 g/mol. The van der Waals surface area contributed by atoms with Crippen molar-refractivity contribution in [2.75, 3.05) is 39.4 Å². The van der Waals surface area contributed by atoms with Crippen LogP contribution >= 0.6 is 0 Å². The molecule has 2 fully saturated rings. The van der Waals surface area contributed by atoms with E-state index in [0.717, 1.165) is 58.5 Å². The van der Waals surface area contributed by atoms with Crippen LogP contribution in [0.3, 0.4) is 0 Å². The molecule has 0 aromatic heterocycles. The first-order chi connectivity index (χ1) is 13.6. The Bertz CT molecular complexity index is 585. The Labute approximate surface area is 170 Å². The summed E-state index contributed by atoms with van der Waals surface area (Å²) in [5.41, 5.74) is 1.30. The maximum atomic E-state index is 12.7. The monoisotopic (exact) mass is 388 g/mol. The second kappa shape index (κ2) is 10.9. The average Bonchev–Trinajstić information content (AvgIpc) is 3.12. The summed E-state index contributed by atoms with van der Waals surface area (Å²) >= 11 is 0. The summed E-state index contributed by atoms with van der Waals surface area (Å²) in [6.07, 6.45) is 5.14. The molecule has 3 rings (SSSR count). The van der Waals surface area contributed by atoms with E-state index in [2.05, 4.69) is 47.9 Å². The lowest BCUT2D eigenvalue weighted by Crippen LogP contribution is -2.50. The van der Waals surface area contributed by atoms with Crippen molar-refractivity contribution < 1.29 is 14.3 Å². The van der Waals surface area contributed by atoms with E-state index < -0.39 is 0 Å². The standard InChI is InChI=1S/C23H36N2O3/c1-19-16-24(17-20(2)28-19)18-22-10-6-13-25(22)23(26)11-7-14-27-15-12-21-8-4-3-5-9-21/h3-5,8-9,19-20,22H,6-7,10-18H2,1-2H3. The summed E-state index contributed by atoms with van der Waals surface area (Å²) in [5, 5.41) is 0.